The zero-order valence-electron chi connectivity index (χ0n) is 31.1. The van der Waals surface area contributed by atoms with Crippen molar-refractivity contribution >= 4 is 52.3 Å². The van der Waals surface area contributed by atoms with Crippen LogP contribution < -0.4 is 10.6 Å². The van der Waals surface area contributed by atoms with Crippen LogP contribution in [0.2, 0.25) is 5.02 Å². The number of rotatable bonds is 18. The smallest absolute Gasteiger partial charge is 0.410 e. The number of hydrogen-bond acceptors (Lipinski definition) is 10. The van der Waals surface area contributed by atoms with Gasteiger partial charge in [0.15, 0.2) is 0 Å². The summed E-state index contributed by atoms with van der Waals surface area (Å²) in [6.07, 6.45) is 2.55. The summed E-state index contributed by atoms with van der Waals surface area (Å²) in [5.41, 5.74) is 4.32. The van der Waals surface area contributed by atoms with Crippen molar-refractivity contribution in [1.82, 2.24) is 35.3 Å². The van der Waals surface area contributed by atoms with Crippen molar-refractivity contribution in [1.29, 1.82) is 0 Å². The molecule has 2 N–H and O–H groups in total. The number of nitrogens with zero attached hydrogens (tertiary/aromatic N) is 5. The number of thiazole rings is 2. The predicted molar refractivity (Wildman–Crippen MR) is 213 cm³/mol. The van der Waals surface area contributed by atoms with E-state index in [1.165, 1.54) is 11.3 Å². The molecule has 1 fully saturated rings. The first-order valence-electron chi connectivity index (χ1n) is 18.3. The largest absolute Gasteiger partial charge is 0.444 e. The number of nitrogens with one attached hydrogen (secondary N) is 2. The van der Waals surface area contributed by atoms with E-state index in [9.17, 15) is 14.4 Å². The molecule has 2 atom stereocenters. The van der Waals surface area contributed by atoms with Crippen molar-refractivity contribution in [2.75, 3.05) is 46.4 Å². The van der Waals surface area contributed by atoms with Gasteiger partial charge in [-0.1, -0.05) is 74.0 Å². The summed E-state index contributed by atoms with van der Waals surface area (Å²) < 4.78 is 11.2. The highest BCUT2D eigenvalue weighted by molar-refractivity contribution is 7.09. The molecule has 54 heavy (non-hydrogen) atoms. The fraction of sp³-hybridized carbons (Fsp3) is 0.462. The van der Waals surface area contributed by atoms with E-state index in [1.807, 2.05) is 53.9 Å². The minimum absolute atomic E-state index is 0.104. The third kappa shape index (κ3) is 13.0. The minimum atomic E-state index is -0.800. The van der Waals surface area contributed by atoms with Gasteiger partial charge in [-0.2, -0.15) is 0 Å². The van der Waals surface area contributed by atoms with Gasteiger partial charge in [-0.3, -0.25) is 14.7 Å². The lowest BCUT2D eigenvalue weighted by Gasteiger charge is -2.30. The maximum Gasteiger partial charge on any atom is 0.410 e. The second kappa shape index (κ2) is 21.1. The van der Waals surface area contributed by atoms with Gasteiger partial charge in [0.25, 0.3) is 0 Å². The summed E-state index contributed by atoms with van der Waals surface area (Å²) in [5, 5.41) is 9.80. The Morgan fingerprint density at radius 3 is 2.46 bits per heavy atom. The first kappa shape index (κ1) is 41.1. The van der Waals surface area contributed by atoms with Crippen LogP contribution >= 0.6 is 34.3 Å². The molecule has 5 rings (SSSR count). The Balaban J connectivity index is 1.31. The Kier molecular flexibility index (Phi) is 16.1. The van der Waals surface area contributed by atoms with Gasteiger partial charge < -0.3 is 29.9 Å². The molecule has 2 aromatic carbocycles. The number of hydrogen-bond donors (Lipinski definition) is 2. The van der Waals surface area contributed by atoms with Gasteiger partial charge in [-0.05, 0) is 36.5 Å². The van der Waals surface area contributed by atoms with Crippen LogP contribution in [-0.4, -0.2) is 101 Å². The van der Waals surface area contributed by atoms with Crippen LogP contribution in [0.1, 0.15) is 59.3 Å². The molecule has 1 saturated heterocycles. The van der Waals surface area contributed by atoms with Crippen molar-refractivity contribution in [2.45, 2.75) is 70.8 Å². The summed E-state index contributed by atoms with van der Waals surface area (Å²) in [6.45, 7) is 8.54. The van der Waals surface area contributed by atoms with Gasteiger partial charge in [0.2, 0.25) is 5.91 Å². The first-order chi connectivity index (χ1) is 26.1. The van der Waals surface area contributed by atoms with E-state index >= 15 is 0 Å². The van der Waals surface area contributed by atoms with Gasteiger partial charge >= 0.3 is 12.1 Å². The third-order valence-electron chi connectivity index (χ3n) is 9.08. The number of carbonyl (C=O) groups excluding carboxylic acids is 3. The highest BCUT2D eigenvalue weighted by Gasteiger charge is 2.27. The SMILES string of the molecule is CC(C)c1nc(CN(C)C(=O)NC(CCN2CCOCC2)C(=O)NC(CCN(Cc2ccccc2Cl)C(=O)OCc2cncs2)Cc2ccccc2)cs1. The second-order valence-electron chi connectivity index (χ2n) is 13.7. The van der Waals surface area contributed by atoms with Gasteiger partial charge in [-0.25, -0.2) is 14.6 Å². The predicted octanol–water partition coefficient (Wildman–Crippen LogP) is 6.57. The Morgan fingerprint density at radius 1 is 1.00 bits per heavy atom. The number of halogens is 1. The van der Waals surface area contributed by atoms with Crippen molar-refractivity contribution in [3.05, 3.63) is 103 Å². The minimum Gasteiger partial charge on any atom is -0.444 e. The van der Waals surface area contributed by atoms with Gasteiger partial charge in [0.05, 0.1) is 47.4 Å². The molecular formula is C39H50ClN7O5S2. The maximum atomic E-state index is 14.2. The molecule has 1 aliphatic heterocycles. The van der Waals surface area contributed by atoms with E-state index in [1.54, 1.807) is 46.0 Å². The number of carbonyl (C=O) groups is 3. The molecule has 0 saturated carbocycles. The number of amides is 4. The molecule has 2 unspecified atom stereocenters. The number of ether oxygens (including phenoxy) is 2. The quantitative estimate of drug-likeness (QED) is 0.116. The highest BCUT2D eigenvalue weighted by Crippen LogP contribution is 2.21. The fourth-order valence-corrected chi connectivity index (χ4v) is 7.51. The lowest BCUT2D eigenvalue weighted by atomic mass is 10.0. The van der Waals surface area contributed by atoms with E-state index in [-0.39, 0.29) is 37.7 Å². The van der Waals surface area contributed by atoms with E-state index in [2.05, 4.69) is 39.3 Å². The lowest BCUT2D eigenvalue weighted by Crippen LogP contribution is -2.54. The Bertz CT molecular complexity index is 1750. The van der Waals surface area contributed by atoms with Crippen LogP contribution in [0.25, 0.3) is 0 Å². The van der Waals surface area contributed by atoms with Crippen molar-refractivity contribution in [3.8, 4) is 0 Å². The summed E-state index contributed by atoms with van der Waals surface area (Å²) in [7, 11) is 1.71. The fourth-order valence-electron chi connectivity index (χ4n) is 5.98. The second-order valence-corrected chi connectivity index (χ2v) is 15.9. The maximum absolute atomic E-state index is 14.2. The number of aromatic nitrogens is 2. The van der Waals surface area contributed by atoms with Gasteiger partial charge in [0.1, 0.15) is 12.6 Å². The molecule has 0 aliphatic carbocycles. The van der Waals surface area contributed by atoms with Crippen molar-refractivity contribution in [2.24, 2.45) is 0 Å². The molecule has 0 radical (unpaired) electrons. The van der Waals surface area contributed by atoms with Gasteiger partial charge in [0, 0.05) is 61.8 Å². The Hall–Kier alpha value is -4.08. The Labute approximate surface area is 330 Å². The number of benzene rings is 2. The molecule has 290 valence electrons. The van der Waals surface area contributed by atoms with E-state index in [4.69, 9.17) is 21.1 Å². The zero-order chi connectivity index (χ0) is 38.3. The normalized spacial score (nSPS) is 14.3. The van der Waals surface area contributed by atoms with Crippen LogP contribution in [0.15, 0.2) is 71.7 Å². The standard InChI is InChI=1S/C39H50ClN7O5S2/c1-28(2)37-43-32(26-53-37)24-45(3)38(49)44-35(14-15-46-17-19-51-20-18-46)36(48)42-31(21-29-9-5-4-6-10-29)13-16-47(23-30-11-7-8-12-34(30)40)39(50)52-25-33-22-41-27-54-33/h4-12,22,26-28,31,35H,13-21,23-25H2,1-3H3,(H,42,48)(H,44,49). The summed E-state index contributed by atoms with van der Waals surface area (Å²) >= 11 is 9.51. The van der Waals surface area contributed by atoms with Crippen molar-refractivity contribution < 1.29 is 23.9 Å². The average Bonchev–Trinajstić information content (AvgIpc) is 3.88. The zero-order valence-corrected chi connectivity index (χ0v) is 33.5. The molecule has 2 aromatic heterocycles. The van der Waals surface area contributed by atoms with Crippen LogP contribution in [-0.2, 0) is 40.4 Å². The summed E-state index contributed by atoms with van der Waals surface area (Å²) in [5.74, 6) is 0.0183. The summed E-state index contributed by atoms with van der Waals surface area (Å²) in [6, 6.07) is 15.8. The van der Waals surface area contributed by atoms with E-state index < -0.39 is 12.1 Å². The molecule has 3 heterocycles. The monoisotopic (exact) mass is 795 g/mol. The molecule has 0 bridgehead atoms. The molecule has 12 nitrogen and oxygen atoms in total. The number of urea groups is 1. The van der Waals surface area contributed by atoms with Crippen LogP contribution in [0.4, 0.5) is 9.59 Å². The number of morpholine rings is 1. The highest BCUT2D eigenvalue weighted by atomic mass is 35.5. The van der Waals surface area contributed by atoms with E-state index in [0.717, 1.165) is 39.8 Å². The van der Waals surface area contributed by atoms with Crippen LogP contribution in [0.5, 0.6) is 0 Å². The molecular weight excluding hydrogens is 746 g/mol. The summed E-state index contributed by atoms with van der Waals surface area (Å²) in [4.78, 5) is 56.3. The van der Waals surface area contributed by atoms with Crippen LogP contribution in [0.3, 0.4) is 0 Å². The topological polar surface area (TPSA) is 129 Å². The molecule has 0 spiro atoms. The average molecular weight is 796 g/mol. The molecule has 4 amide bonds. The lowest BCUT2D eigenvalue weighted by molar-refractivity contribution is -0.124. The molecule has 15 heteroatoms. The van der Waals surface area contributed by atoms with Crippen molar-refractivity contribution in [3.63, 3.8) is 0 Å². The van der Waals surface area contributed by atoms with Crippen LogP contribution in [0, 0.1) is 0 Å². The Morgan fingerprint density at radius 2 is 1.76 bits per heavy atom. The molecule has 1 aliphatic rings. The van der Waals surface area contributed by atoms with Gasteiger partial charge in [-0.15, -0.1) is 22.7 Å². The third-order valence-corrected chi connectivity index (χ3v) is 11.4. The first-order valence-corrected chi connectivity index (χ1v) is 20.4. The molecule has 4 aromatic rings. The van der Waals surface area contributed by atoms with E-state index in [0.29, 0.717) is 56.5 Å².